The zero-order valence-electron chi connectivity index (χ0n) is 21.5. The molecule has 0 saturated carbocycles. The van der Waals surface area contributed by atoms with Gasteiger partial charge in [0.25, 0.3) is 0 Å². The number of carbonyl (C=O) groups excluding carboxylic acids is 2. The van der Waals surface area contributed by atoms with Gasteiger partial charge >= 0.3 is 19.8 Å². The van der Waals surface area contributed by atoms with E-state index in [1.807, 2.05) is 6.92 Å². The van der Waals surface area contributed by atoms with E-state index in [4.69, 9.17) is 19.1 Å². The lowest BCUT2D eigenvalue weighted by molar-refractivity contribution is -0.161. The van der Waals surface area contributed by atoms with Gasteiger partial charge in [0.15, 0.2) is 6.10 Å². The Kier molecular flexibility index (Phi) is 21.5. The molecule has 35 heavy (non-hydrogen) atoms. The molecule has 0 amide bonds. The molecule has 11 heteroatoms. The first kappa shape index (κ1) is 34.0. The average Bonchev–Trinajstić information content (AvgIpc) is 2.84. The predicted molar refractivity (Wildman–Crippen MR) is 132 cm³/mol. The second-order valence-corrected chi connectivity index (χ2v) is 10.2. The largest absolute Gasteiger partial charge is 0.472 e. The van der Waals surface area contributed by atoms with Gasteiger partial charge in [-0.25, -0.2) is 4.57 Å². The minimum atomic E-state index is -4.57. The summed E-state index contributed by atoms with van der Waals surface area (Å²) in [6.45, 7) is 2.03. The Morgan fingerprint density at radius 2 is 1.26 bits per heavy atom. The summed E-state index contributed by atoms with van der Waals surface area (Å²) >= 11 is 0. The smallest absolute Gasteiger partial charge is 0.462 e. The number of hydrogen-bond acceptors (Lipinski definition) is 9. The molecule has 0 fully saturated rings. The first-order chi connectivity index (χ1) is 16.7. The van der Waals surface area contributed by atoms with Crippen molar-refractivity contribution in [1.82, 2.24) is 0 Å². The summed E-state index contributed by atoms with van der Waals surface area (Å²) in [4.78, 5) is 33.7. The summed E-state index contributed by atoms with van der Waals surface area (Å²) in [5.74, 6) is -0.968. The normalized spacial score (nSPS) is 14.8. The Balaban J connectivity index is 4.40. The molecule has 0 aliphatic rings. The van der Waals surface area contributed by atoms with Gasteiger partial charge in [0.2, 0.25) is 0 Å². The van der Waals surface area contributed by atoms with Gasteiger partial charge in [0.05, 0.1) is 19.8 Å². The molecule has 0 aromatic carbocycles. The monoisotopic (exact) mass is 526 g/mol. The van der Waals surface area contributed by atoms with E-state index in [1.54, 1.807) is 0 Å². The SMILES string of the molecule is CCCCCCCCCCCCC(=O)O[C@H](COC(=O)CCCC)COP(=O)(O)OC[C@@H](O)CO. The highest BCUT2D eigenvalue weighted by Gasteiger charge is 2.27. The van der Waals surface area contributed by atoms with Crippen LogP contribution in [-0.4, -0.2) is 65.7 Å². The van der Waals surface area contributed by atoms with E-state index in [0.29, 0.717) is 12.8 Å². The Hall–Kier alpha value is -1.03. The van der Waals surface area contributed by atoms with Crippen molar-refractivity contribution in [3.8, 4) is 0 Å². The Morgan fingerprint density at radius 3 is 1.83 bits per heavy atom. The zero-order valence-corrected chi connectivity index (χ0v) is 22.4. The number of carbonyl (C=O) groups is 2. The Bertz CT molecular complexity index is 587. The van der Waals surface area contributed by atoms with Crippen molar-refractivity contribution >= 4 is 19.8 Å². The van der Waals surface area contributed by atoms with Gasteiger partial charge in [-0.05, 0) is 12.8 Å². The van der Waals surface area contributed by atoms with E-state index in [-0.39, 0.29) is 19.4 Å². The number of phosphoric ester groups is 1. The maximum absolute atomic E-state index is 12.2. The first-order valence-corrected chi connectivity index (χ1v) is 14.5. The van der Waals surface area contributed by atoms with Crippen LogP contribution in [0.25, 0.3) is 0 Å². The molecule has 208 valence electrons. The molecular formula is C24H47O10P. The van der Waals surface area contributed by atoms with Crippen LogP contribution >= 0.6 is 7.82 Å². The zero-order chi connectivity index (χ0) is 26.4. The number of hydrogen-bond donors (Lipinski definition) is 3. The van der Waals surface area contributed by atoms with Crippen LogP contribution in [-0.2, 0) is 32.7 Å². The third kappa shape index (κ3) is 21.9. The second kappa shape index (κ2) is 22.2. The van der Waals surface area contributed by atoms with E-state index in [9.17, 15) is 24.2 Å². The number of ether oxygens (including phenoxy) is 2. The van der Waals surface area contributed by atoms with Gasteiger partial charge in [-0.3, -0.25) is 18.6 Å². The van der Waals surface area contributed by atoms with Crippen molar-refractivity contribution in [2.24, 2.45) is 0 Å². The number of rotatable bonds is 24. The number of esters is 2. The molecule has 0 rings (SSSR count). The maximum atomic E-state index is 12.2. The minimum Gasteiger partial charge on any atom is -0.462 e. The highest BCUT2D eigenvalue weighted by Crippen LogP contribution is 2.43. The molecule has 0 aromatic rings. The molecule has 1 unspecified atom stereocenters. The molecule has 0 radical (unpaired) electrons. The average molecular weight is 527 g/mol. The lowest BCUT2D eigenvalue weighted by atomic mass is 10.1. The van der Waals surface area contributed by atoms with Gasteiger partial charge in [-0.2, -0.15) is 0 Å². The summed E-state index contributed by atoms with van der Waals surface area (Å²) in [6.07, 6.45) is 10.8. The lowest BCUT2D eigenvalue weighted by Crippen LogP contribution is -2.29. The van der Waals surface area contributed by atoms with Crippen molar-refractivity contribution in [3.63, 3.8) is 0 Å². The van der Waals surface area contributed by atoms with Gasteiger partial charge in [-0.15, -0.1) is 0 Å². The van der Waals surface area contributed by atoms with E-state index < -0.39 is 51.8 Å². The van der Waals surface area contributed by atoms with Crippen molar-refractivity contribution in [3.05, 3.63) is 0 Å². The molecule has 0 spiro atoms. The lowest BCUT2D eigenvalue weighted by Gasteiger charge is -2.20. The van der Waals surface area contributed by atoms with Crippen LogP contribution in [0.5, 0.6) is 0 Å². The number of aliphatic hydroxyl groups excluding tert-OH is 2. The Labute approximate surface area is 210 Å². The van der Waals surface area contributed by atoms with Crippen LogP contribution in [0.1, 0.15) is 104 Å². The minimum absolute atomic E-state index is 0.187. The summed E-state index contributed by atoms with van der Waals surface area (Å²) in [5.41, 5.74) is 0. The summed E-state index contributed by atoms with van der Waals surface area (Å²) in [5, 5.41) is 18.0. The standard InChI is InChI=1S/C24H47O10P/c1-3-5-7-8-9-10-11-12-13-14-16-24(28)34-22(19-31-23(27)15-6-4-2)20-33-35(29,30)32-18-21(26)17-25/h21-22,25-26H,3-20H2,1-2H3,(H,29,30)/t21-,22+/m0/s1. The van der Waals surface area contributed by atoms with Crippen LogP contribution in [0.3, 0.4) is 0 Å². The van der Waals surface area contributed by atoms with Gasteiger partial charge in [0.1, 0.15) is 12.7 Å². The van der Waals surface area contributed by atoms with Crippen LogP contribution in [0.4, 0.5) is 0 Å². The van der Waals surface area contributed by atoms with Crippen molar-refractivity contribution in [2.75, 3.05) is 26.4 Å². The van der Waals surface area contributed by atoms with Gasteiger partial charge < -0.3 is 24.6 Å². The molecule has 0 heterocycles. The number of aliphatic hydroxyl groups is 2. The van der Waals surface area contributed by atoms with Crippen LogP contribution in [0, 0.1) is 0 Å². The van der Waals surface area contributed by atoms with Crippen molar-refractivity contribution in [2.45, 2.75) is 116 Å². The summed E-state index contributed by atoms with van der Waals surface area (Å²) in [6, 6.07) is 0. The number of phosphoric acid groups is 1. The molecule has 0 aliphatic heterocycles. The fourth-order valence-electron chi connectivity index (χ4n) is 3.14. The molecule has 3 N–H and O–H groups in total. The van der Waals surface area contributed by atoms with E-state index in [1.165, 1.54) is 38.5 Å². The summed E-state index contributed by atoms with van der Waals surface area (Å²) < 4.78 is 31.8. The molecule has 0 aromatic heterocycles. The predicted octanol–water partition coefficient (Wildman–Crippen LogP) is 4.43. The molecule has 10 nitrogen and oxygen atoms in total. The van der Waals surface area contributed by atoms with E-state index in [2.05, 4.69) is 11.4 Å². The topological polar surface area (TPSA) is 149 Å². The van der Waals surface area contributed by atoms with E-state index in [0.717, 1.165) is 25.7 Å². The third-order valence-corrected chi connectivity index (χ3v) is 6.21. The van der Waals surface area contributed by atoms with Crippen molar-refractivity contribution in [1.29, 1.82) is 0 Å². The molecule has 0 aliphatic carbocycles. The summed E-state index contributed by atoms with van der Waals surface area (Å²) in [7, 11) is -4.57. The molecule has 0 bridgehead atoms. The second-order valence-electron chi connectivity index (χ2n) is 8.73. The van der Waals surface area contributed by atoms with E-state index >= 15 is 0 Å². The maximum Gasteiger partial charge on any atom is 0.472 e. The third-order valence-electron chi connectivity index (χ3n) is 5.26. The molecule has 0 saturated heterocycles. The fraction of sp³-hybridized carbons (Fsp3) is 0.917. The van der Waals surface area contributed by atoms with Gasteiger partial charge in [0, 0.05) is 12.8 Å². The molecule has 3 atom stereocenters. The van der Waals surface area contributed by atoms with Crippen LogP contribution in [0.2, 0.25) is 0 Å². The van der Waals surface area contributed by atoms with Gasteiger partial charge in [-0.1, -0.05) is 78.1 Å². The van der Waals surface area contributed by atoms with Crippen molar-refractivity contribution < 1.29 is 47.8 Å². The van der Waals surface area contributed by atoms with Crippen LogP contribution < -0.4 is 0 Å². The highest BCUT2D eigenvalue weighted by molar-refractivity contribution is 7.47. The first-order valence-electron chi connectivity index (χ1n) is 13.0. The molecular weight excluding hydrogens is 479 g/mol. The quantitative estimate of drug-likeness (QED) is 0.0936. The highest BCUT2D eigenvalue weighted by atomic mass is 31.2. The fourth-order valence-corrected chi connectivity index (χ4v) is 3.93. The number of unbranched alkanes of at least 4 members (excludes halogenated alkanes) is 10. The van der Waals surface area contributed by atoms with Crippen LogP contribution in [0.15, 0.2) is 0 Å². The Morgan fingerprint density at radius 1 is 0.743 bits per heavy atom.